The van der Waals surface area contributed by atoms with E-state index in [1.807, 2.05) is 11.0 Å². The first-order valence-electron chi connectivity index (χ1n) is 15.9. The van der Waals surface area contributed by atoms with Crippen LogP contribution in [0.15, 0.2) is 18.2 Å². The topological polar surface area (TPSA) is 129 Å². The highest BCUT2D eigenvalue weighted by atomic mass is 19.1. The van der Waals surface area contributed by atoms with Crippen LogP contribution < -0.4 is 20.7 Å². The summed E-state index contributed by atoms with van der Waals surface area (Å²) in [5.41, 5.74) is 6.84. The molecule has 12 nitrogen and oxygen atoms in total. The fraction of sp³-hybridized carbons (Fsp3) is 0.710. The van der Waals surface area contributed by atoms with Crippen molar-refractivity contribution in [2.75, 3.05) is 103 Å². The smallest absolute Gasteiger partial charge is 0.236 e. The number of nitrogens with two attached hydrogens (primary N) is 1. The monoisotopic (exact) mass is 619 g/mol. The van der Waals surface area contributed by atoms with Gasteiger partial charge in [0.1, 0.15) is 0 Å². The number of ether oxygens (including phenoxy) is 5. The summed E-state index contributed by atoms with van der Waals surface area (Å²) in [6, 6.07) is 5.27. The van der Waals surface area contributed by atoms with Gasteiger partial charge in [-0.15, -0.1) is 0 Å². The summed E-state index contributed by atoms with van der Waals surface area (Å²) >= 11 is 0. The molecule has 0 radical (unpaired) electrons. The van der Waals surface area contributed by atoms with Crippen LogP contribution in [-0.4, -0.2) is 113 Å². The van der Waals surface area contributed by atoms with E-state index < -0.39 is 5.82 Å². The second kappa shape index (κ2) is 18.8. The molecule has 1 saturated heterocycles. The lowest BCUT2D eigenvalue weighted by Crippen LogP contribution is -2.37. The maximum Gasteiger partial charge on any atom is 0.236 e. The van der Waals surface area contributed by atoms with Crippen molar-refractivity contribution in [2.45, 2.75) is 51.0 Å². The minimum absolute atomic E-state index is 0.126. The van der Waals surface area contributed by atoms with Gasteiger partial charge in [-0.3, -0.25) is 4.90 Å². The van der Waals surface area contributed by atoms with E-state index in [2.05, 4.69) is 20.2 Å². The molecule has 2 aromatic rings. The number of halogens is 1. The Morgan fingerprint density at radius 1 is 0.909 bits per heavy atom. The van der Waals surface area contributed by atoms with Gasteiger partial charge in [0.05, 0.1) is 53.4 Å². The lowest BCUT2D eigenvalue weighted by atomic mass is 9.89. The number of nitrogens with one attached hydrogen (secondary N) is 1. The molecule has 1 aromatic carbocycles. The molecule has 0 amide bonds. The summed E-state index contributed by atoms with van der Waals surface area (Å²) < 4.78 is 41.6. The van der Waals surface area contributed by atoms with Gasteiger partial charge in [-0.1, -0.05) is 19.3 Å². The first-order chi connectivity index (χ1) is 21.6. The molecule has 2 aliphatic rings. The SMILES string of the molecule is COCCOCCOCCOCCN1CCCC1CNc1nc(N)nc(N(CC2CCCCC2)c2ccc(OC)c(F)c2)n1. The fourth-order valence-corrected chi connectivity index (χ4v) is 5.83. The average Bonchev–Trinajstić information content (AvgIpc) is 3.49. The van der Waals surface area contributed by atoms with Gasteiger partial charge >= 0.3 is 0 Å². The number of nitrogen functional groups attached to an aromatic ring is 1. The predicted molar refractivity (Wildman–Crippen MR) is 168 cm³/mol. The zero-order chi connectivity index (χ0) is 31.0. The summed E-state index contributed by atoms with van der Waals surface area (Å²) in [5, 5.41) is 3.40. The molecule has 2 heterocycles. The van der Waals surface area contributed by atoms with E-state index in [1.54, 1.807) is 13.2 Å². The van der Waals surface area contributed by atoms with E-state index in [0.717, 1.165) is 38.8 Å². The predicted octanol–water partition coefficient (Wildman–Crippen LogP) is 3.89. The van der Waals surface area contributed by atoms with Gasteiger partial charge in [0.25, 0.3) is 0 Å². The molecule has 246 valence electrons. The molecule has 13 heteroatoms. The molecule has 0 spiro atoms. The lowest BCUT2D eigenvalue weighted by molar-refractivity contribution is 0.000793. The van der Waals surface area contributed by atoms with E-state index in [4.69, 9.17) is 34.4 Å². The van der Waals surface area contributed by atoms with Crippen molar-refractivity contribution in [2.24, 2.45) is 5.92 Å². The van der Waals surface area contributed by atoms with E-state index >= 15 is 0 Å². The first-order valence-corrected chi connectivity index (χ1v) is 15.9. The number of rotatable bonds is 20. The van der Waals surface area contributed by atoms with Gasteiger partial charge in [0.15, 0.2) is 11.6 Å². The quantitative estimate of drug-likeness (QED) is 0.209. The number of likely N-dealkylation sites (tertiary alicyclic amines) is 1. The Morgan fingerprint density at radius 2 is 1.64 bits per heavy atom. The van der Waals surface area contributed by atoms with E-state index in [-0.39, 0.29) is 11.7 Å². The highest BCUT2D eigenvalue weighted by Crippen LogP contribution is 2.32. The molecule has 1 aromatic heterocycles. The van der Waals surface area contributed by atoms with Gasteiger partial charge in [0.2, 0.25) is 17.8 Å². The molecule has 1 atom stereocenters. The number of methoxy groups -OCH3 is 2. The molecule has 1 unspecified atom stereocenters. The van der Waals surface area contributed by atoms with Gasteiger partial charge < -0.3 is 39.6 Å². The van der Waals surface area contributed by atoms with Crippen LogP contribution in [0.1, 0.15) is 44.9 Å². The Morgan fingerprint density at radius 3 is 2.34 bits per heavy atom. The lowest BCUT2D eigenvalue weighted by Gasteiger charge is -2.30. The van der Waals surface area contributed by atoms with Crippen molar-refractivity contribution in [1.82, 2.24) is 19.9 Å². The van der Waals surface area contributed by atoms with Crippen LogP contribution in [0.25, 0.3) is 0 Å². The second-order valence-electron chi connectivity index (χ2n) is 11.3. The Bertz CT molecular complexity index is 1110. The Labute approximate surface area is 260 Å². The highest BCUT2D eigenvalue weighted by Gasteiger charge is 2.26. The van der Waals surface area contributed by atoms with Crippen LogP contribution in [0.3, 0.4) is 0 Å². The van der Waals surface area contributed by atoms with Crippen LogP contribution in [0.4, 0.5) is 27.9 Å². The summed E-state index contributed by atoms with van der Waals surface area (Å²) in [6.45, 7) is 7.22. The average molecular weight is 620 g/mol. The number of hydrogen-bond acceptors (Lipinski definition) is 12. The van der Waals surface area contributed by atoms with Gasteiger partial charge in [-0.25, -0.2) is 4.39 Å². The molecule has 1 aliphatic heterocycles. The van der Waals surface area contributed by atoms with Gasteiger partial charge in [-0.05, 0) is 50.3 Å². The van der Waals surface area contributed by atoms with Crippen molar-refractivity contribution in [1.29, 1.82) is 0 Å². The molecule has 3 N–H and O–H groups in total. The zero-order valence-electron chi connectivity index (χ0n) is 26.3. The van der Waals surface area contributed by atoms with Crippen molar-refractivity contribution >= 4 is 23.5 Å². The minimum Gasteiger partial charge on any atom is -0.494 e. The Hall–Kier alpha value is -2.84. The molecular formula is C31H50FN7O5. The Kier molecular flexibility index (Phi) is 14.6. The van der Waals surface area contributed by atoms with Gasteiger partial charge in [-0.2, -0.15) is 15.0 Å². The first kappa shape index (κ1) is 34.0. The maximum absolute atomic E-state index is 14.8. The summed E-state index contributed by atoms with van der Waals surface area (Å²) in [5.74, 6) is 1.19. The molecule has 1 saturated carbocycles. The third kappa shape index (κ3) is 11.0. The van der Waals surface area contributed by atoms with Gasteiger partial charge in [0, 0.05) is 44.5 Å². The highest BCUT2D eigenvalue weighted by molar-refractivity contribution is 5.60. The number of benzene rings is 1. The summed E-state index contributed by atoms with van der Waals surface area (Å²) in [7, 11) is 3.11. The van der Waals surface area contributed by atoms with Crippen LogP contribution in [0.5, 0.6) is 5.75 Å². The number of hydrogen-bond donors (Lipinski definition) is 2. The van der Waals surface area contributed by atoms with Crippen molar-refractivity contribution in [3.8, 4) is 5.75 Å². The summed E-state index contributed by atoms with van der Waals surface area (Å²) in [4.78, 5) is 18.0. The molecule has 0 bridgehead atoms. The third-order valence-corrected chi connectivity index (χ3v) is 8.19. The number of anilines is 4. The standard InChI is InChI=1S/C31H50FN7O5/c1-40-15-16-43-19-20-44-18-17-42-14-13-38-12-6-9-26(38)22-34-30-35-29(33)36-31(37-30)39(23-24-7-4-3-5-8-24)25-10-11-28(41-2)27(32)21-25/h10-11,21,24,26H,3-9,12-20,22-23H2,1-2H3,(H3,33,34,35,36,37). The van der Waals surface area contributed by atoms with Crippen molar-refractivity contribution < 1.29 is 28.1 Å². The molecular weight excluding hydrogens is 569 g/mol. The van der Waals surface area contributed by atoms with Crippen molar-refractivity contribution in [3.63, 3.8) is 0 Å². The number of nitrogens with zero attached hydrogens (tertiary/aromatic N) is 5. The maximum atomic E-state index is 14.8. The largest absolute Gasteiger partial charge is 0.494 e. The number of aromatic nitrogens is 3. The van der Waals surface area contributed by atoms with E-state index in [1.165, 1.54) is 32.4 Å². The van der Waals surface area contributed by atoms with Crippen LogP contribution in [0.2, 0.25) is 0 Å². The molecule has 44 heavy (non-hydrogen) atoms. The Balaban J connectivity index is 1.29. The fourth-order valence-electron chi connectivity index (χ4n) is 5.83. The normalized spacial score (nSPS) is 17.7. The minimum atomic E-state index is -0.430. The van der Waals surface area contributed by atoms with Crippen LogP contribution in [0, 0.1) is 11.7 Å². The zero-order valence-corrected chi connectivity index (χ0v) is 26.3. The summed E-state index contributed by atoms with van der Waals surface area (Å²) in [6.07, 6.45) is 8.10. The molecule has 1 aliphatic carbocycles. The van der Waals surface area contributed by atoms with Crippen LogP contribution >= 0.6 is 0 Å². The molecule has 4 rings (SSSR count). The second-order valence-corrected chi connectivity index (χ2v) is 11.3. The van der Waals surface area contributed by atoms with E-state index in [9.17, 15) is 4.39 Å². The van der Waals surface area contributed by atoms with Crippen LogP contribution in [-0.2, 0) is 18.9 Å². The third-order valence-electron chi connectivity index (χ3n) is 8.19. The van der Waals surface area contributed by atoms with Crippen molar-refractivity contribution in [3.05, 3.63) is 24.0 Å². The van der Waals surface area contributed by atoms with E-state index in [0.29, 0.717) is 88.9 Å². The molecule has 2 fully saturated rings.